The van der Waals surface area contributed by atoms with Gasteiger partial charge < -0.3 is 9.47 Å². The summed E-state index contributed by atoms with van der Waals surface area (Å²) in [4.78, 5) is 23.7. The molecular weight excluding hydrogens is 280 g/mol. The van der Waals surface area contributed by atoms with Crippen molar-refractivity contribution in [1.29, 1.82) is 0 Å². The molecule has 0 aliphatic heterocycles. The molecule has 2 aliphatic carbocycles. The van der Waals surface area contributed by atoms with E-state index in [4.69, 9.17) is 9.47 Å². The summed E-state index contributed by atoms with van der Waals surface area (Å²) in [5.41, 5.74) is 0.329. The van der Waals surface area contributed by atoms with Crippen LogP contribution in [0.4, 0.5) is 0 Å². The normalized spacial score (nSPS) is 25.9. The molecule has 4 heteroatoms. The number of hydrogen-bond donors (Lipinski definition) is 0. The lowest BCUT2D eigenvalue weighted by molar-refractivity contribution is -0.160. The Hall–Kier alpha value is -1.06. The molecular formula is C18H30O4. The molecule has 2 aliphatic rings. The van der Waals surface area contributed by atoms with Crippen LogP contribution < -0.4 is 0 Å². The summed E-state index contributed by atoms with van der Waals surface area (Å²) in [6, 6.07) is 0. The summed E-state index contributed by atoms with van der Waals surface area (Å²) in [6.45, 7) is 6.88. The molecule has 0 saturated heterocycles. The lowest BCUT2D eigenvalue weighted by Gasteiger charge is -2.37. The van der Waals surface area contributed by atoms with Crippen LogP contribution in [0.5, 0.6) is 0 Å². The van der Waals surface area contributed by atoms with Crippen molar-refractivity contribution in [2.24, 2.45) is 23.2 Å². The molecule has 0 aromatic rings. The maximum Gasteiger partial charge on any atom is 0.309 e. The standard InChI is InChI=1S/C18H30O4/c1-13(15-8-5-9-18(2,3)12-15)16(19)21-10-11-22-17(20)14-6-4-7-14/h13-15H,4-12H2,1-3H3/t13-,15+/m0/s1. The van der Waals surface area contributed by atoms with Crippen molar-refractivity contribution in [3.63, 3.8) is 0 Å². The van der Waals surface area contributed by atoms with Crippen LogP contribution in [0.2, 0.25) is 0 Å². The third-order valence-electron chi connectivity index (χ3n) is 5.33. The molecule has 126 valence electrons. The van der Waals surface area contributed by atoms with E-state index in [0.717, 1.165) is 32.1 Å². The van der Waals surface area contributed by atoms with Crippen LogP contribution in [0.15, 0.2) is 0 Å². The number of rotatable bonds is 6. The lowest BCUT2D eigenvalue weighted by Crippen LogP contribution is -2.32. The molecule has 0 bridgehead atoms. The minimum absolute atomic E-state index is 0.0677. The van der Waals surface area contributed by atoms with Gasteiger partial charge >= 0.3 is 11.9 Å². The van der Waals surface area contributed by atoms with E-state index in [1.807, 2.05) is 6.92 Å². The molecule has 0 aromatic carbocycles. The van der Waals surface area contributed by atoms with Crippen molar-refractivity contribution in [2.75, 3.05) is 13.2 Å². The van der Waals surface area contributed by atoms with Gasteiger partial charge in [0.15, 0.2) is 0 Å². The summed E-state index contributed by atoms with van der Waals surface area (Å²) in [5, 5.41) is 0. The van der Waals surface area contributed by atoms with Gasteiger partial charge in [0.2, 0.25) is 0 Å². The zero-order valence-corrected chi connectivity index (χ0v) is 14.2. The van der Waals surface area contributed by atoms with Gasteiger partial charge in [0.1, 0.15) is 13.2 Å². The van der Waals surface area contributed by atoms with Gasteiger partial charge in [-0.15, -0.1) is 0 Å². The second-order valence-electron chi connectivity index (χ2n) is 7.77. The van der Waals surface area contributed by atoms with Crippen LogP contribution in [0.25, 0.3) is 0 Å². The van der Waals surface area contributed by atoms with Crippen LogP contribution in [-0.4, -0.2) is 25.2 Å². The van der Waals surface area contributed by atoms with Gasteiger partial charge in [-0.1, -0.05) is 33.6 Å². The quantitative estimate of drug-likeness (QED) is 0.554. The van der Waals surface area contributed by atoms with Crippen molar-refractivity contribution in [3.8, 4) is 0 Å². The molecule has 2 fully saturated rings. The summed E-state index contributed by atoms with van der Waals surface area (Å²) in [6.07, 6.45) is 7.61. The van der Waals surface area contributed by atoms with Gasteiger partial charge in [-0.3, -0.25) is 9.59 Å². The highest BCUT2D eigenvalue weighted by atomic mass is 16.6. The number of hydrogen-bond acceptors (Lipinski definition) is 4. The summed E-state index contributed by atoms with van der Waals surface area (Å²) in [7, 11) is 0. The highest BCUT2D eigenvalue weighted by molar-refractivity contribution is 5.73. The molecule has 2 atom stereocenters. The first-order chi connectivity index (χ1) is 10.4. The van der Waals surface area contributed by atoms with E-state index < -0.39 is 0 Å². The highest BCUT2D eigenvalue weighted by Gasteiger charge is 2.34. The van der Waals surface area contributed by atoms with Gasteiger partial charge in [0.05, 0.1) is 11.8 Å². The zero-order valence-electron chi connectivity index (χ0n) is 14.2. The first kappa shape index (κ1) is 17.3. The molecule has 0 amide bonds. The summed E-state index contributed by atoms with van der Waals surface area (Å²) < 4.78 is 10.4. The molecule has 0 aromatic heterocycles. The minimum Gasteiger partial charge on any atom is -0.462 e. The molecule has 0 spiro atoms. The second-order valence-corrected chi connectivity index (χ2v) is 7.77. The Morgan fingerprint density at radius 2 is 1.77 bits per heavy atom. The predicted molar refractivity (Wildman–Crippen MR) is 84.2 cm³/mol. The van der Waals surface area contributed by atoms with E-state index in [-0.39, 0.29) is 37.0 Å². The maximum absolute atomic E-state index is 12.1. The van der Waals surface area contributed by atoms with Gasteiger partial charge in [0.25, 0.3) is 0 Å². The van der Waals surface area contributed by atoms with E-state index in [0.29, 0.717) is 11.3 Å². The number of ether oxygens (including phenoxy) is 2. The van der Waals surface area contributed by atoms with Gasteiger partial charge in [-0.25, -0.2) is 0 Å². The third-order valence-corrected chi connectivity index (χ3v) is 5.33. The fourth-order valence-corrected chi connectivity index (χ4v) is 3.55. The molecule has 0 unspecified atom stereocenters. The maximum atomic E-state index is 12.1. The average Bonchev–Trinajstić information content (AvgIpc) is 2.39. The lowest BCUT2D eigenvalue weighted by atomic mass is 9.68. The van der Waals surface area contributed by atoms with Gasteiger partial charge in [-0.2, -0.15) is 0 Å². The van der Waals surface area contributed by atoms with Crippen LogP contribution >= 0.6 is 0 Å². The number of carbonyl (C=O) groups excluding carboxylic acids is 2. The molecule has 0 heterocycles. The molecule has 2 rings (SSSR count). The summed E-state index contributed by atoms with van der Waals surface area (Å²) in [5.74, 6) is 0.140. The summed E-state index contributed by atoms with van der Waals surface area (Å²) >= 11 is 0. The van der Waals surface area contributed by atoms with Crippen LogP contribution in [-0.2, 0) is 19.1 Å². The van der Waals surface area contributed by atoms with Gasteiger partial charge in [-0.05, 0) is 43.4 Å². The van der Waals surface area contributed by atoms with Crippen molar-refractivity contribution in [2.45, 2.75) is 65.7 Å². The molecule has 2 saturated carbocycles. The molecule has 4 nitrogen and oxygen atoms in total. The molecule has 22 heavy (non-hydrogen) atoms. The SMILES string of the molecule is C[C@H](C(=O)OCCOC(=O)C1CCC1)[C@@H]1CCCC(C)(C)C1. The van der Waals surface area contributed by atoms with E-state index in [1.54, 1.807) is 0 Å². The number of carbonyl (C=O) groups is 2. The fraction of sp³-hybridized carbons (Fsp3) is 0.889. The van der Waals surface area contributed by atoms with Crippen molar-refractivity contribution in [1.82, 2.24) is 0 Å². The van der Waals surface area contributed by atoms with Crippen molar-refractivity contribution < 1.29 is 19.1 Å². The fourth-order valence-electron chi connectivity index (χ4n) is 3.55. The van der Waals surface area contributed by atoms with E-state index in [2.05, 4.69) is 13.8 Å². The van der Waals surface area contributed by atoms with E-state index in [9.17, 15) is 9.59 Å². The molecule has 0 N–H and O–H groups in total. The van der Waals surface area contributed by atoms with Crippen LogP contribution in [0, 0.1) is 23.2 Å². The Morgan fingerprint density at radius 3 is 2.36 bits per heavy atom. The Bertz CT molecular complexity index is 398. The van der Waals surface area contributed by atoms with E-state index in [1.165, 1.54) is 12.8 Å². The second kappa shape index (κ2) is 7.47. The predicted octanol–water partition coefficient (Wildman–Crippen LogP) is 3.73. The Balaban J connectivity index is 1.64. The largest absolute Gasteiger partial charge is 0.462 e. The first-order valence-electron chi connectivity index (χ1n) is 8.72. The van der Waals surface area contributed by atoms with Crippen LogP contribution in [0.1, 0.15) is 65.7 Å². The Morgan fingerprint density at radius 1 is 1.09 bits per heavy atom. The topological polar surface area (TPSA) is 52.6 Å². The molecule has 0 radical (unpaired) electrons. The van der Waals surface area contributed by atoms with Gasteiger partial charge in [0, 0.05) is 0 Å². The smallest absolute Gasteiger partial charge is 0.309 e. The third kappa shape index (κ3) is 4.72. The Kier molecular flexibility index (Phi) is 5.87. The monoisotopic (exact) mass is 310 g/mol. The Labute approximate surface area is 133 Å². The highest BCUT2D eigenvalue weighted by Crippen LogP contribution is 2.41. The minimum atomic E-state index is -0.151. The van der Waals surface area contributed by atoms with E-state index >= 15 is 0 Å². The number of esters is 2. The first-order valence-corrected chi connectivity index (χ1v) is 8.72. The average molecular weight is 310 g/mol. The van der Waals surface area contributed by atoms with Crippen LogP contribution in [0.3, 0.4) is 0 Å². The van der Waals surface area contributed by atoms with Crippen molar-refractivity contribution in [3.05, 3.63) is 0 Å². The zero-order chi connectivity index (χ0) is 16.2. The van der Waals surface area contributed by atoms with Crippen molar-refractivity contribution >= 4 is 11.9 Å².